The molecule has 1 fully saturated rings. The van der Waals surface area contributed by atoms with Gasteiger partial charge in [0.2, 0.25) is 11.8 Å². The van der Waals surface area contributed by atoms with Crippen LogP contribution < -0.4 is 11.1 Å². The molecular formula is C18H25F2N3O2. The normalized spacial score (nSPS) is 16.3. The predicted molar refractivity (Wildman–Crippen MR) is 91.8 cm³/mol. The van der Waals surface area contributed by atoms with E-state index in [1.807, 2.05) is 0 Å². The Labute approximate surface area is 146 Å². The number of rotatable bonds is 6. The number of nitrogens with one attached hydrogen (secondary N) is 1. The number of hydrogen-bond donors (Lipinski definition) is 2. The molecule has 0 bridgehead atoms. The smallest absolute Gasteiger partial charge is 0.243 e. The van der Waals surface area contributed by atoms with Gasteiger partial charge in [-0.25, -0.2) is 8.78 Å². The average Bonchev–Trinajstić information content (AvgIpc) is 2.54. The topological polar surface area (TPSA) is 75.4 Å². The number of nitrogens with zero attached hydrogens (tertiary/aromatic N) is 1. The van der Waals surface area contributed by atoms with E-state index in [1.54, 1.807) is 7.05 Å². The molecule has 0 spiro atoms. The fourth-order valence-corrected chi connectivity index (χ4v) is 3.34. The zero-order chi connectivity index (χ0) is 18.4. The Morgan fingerprint density at radius 3 is 2.32 bits per heavy atom. The summed E-state index contributed by atoms with van der Waals surface area (Å²) in [6.07, 6.45) is 5.48. The first-order chi connectivity index (χ1) is 11.8. The summed E-state index contributed by atoms with van der Waals surface area (Å²) in [5.74, 6) is -2.21. The fraction of sp³-hybridized carbons (Fsp3) is 0.556. The van der Waals surface area contributed by atoms with Crippen molar-refractivity contribution in [1.82, 2.24) is 4.90 Å². The van der Waals surface area contributed by atoms with E-state index in [0.717, 1.165) is 43.9 Å². The molecule has 2 rings (SSSR count). The molecule has 7 heteroatoms. The van der Waals surface area contributed by atoms with Crippen molar-refractivity contribution in [1.29, 1.82) is 0 Å². The number of halogens is 2. The van der Waals surface area contributed by atoms with Crippen LogP contribution in [-0.4, -0.2) is 36.9 Å². The van der Waals surface area contributed by atoms with E-state index in [4.69, 9.17) is 5.73 Å². The summed E-state index contributed by atoms with van der Waals surface area (Å²) in [5.41, 5.74) is 5.74. The van der Waals surface area contributed by atoms with Gasteiger partial charge in [-0.05, 0) is 36.9 Å². The molecule has 25 heavy (non-hydrogen) atoms. The van der Waals surface area contributed by atoms with E-state index in [1.165, 1.54) is 11.3 Å². The lowest BCUT2D eigenvalue weighted by Crippen LogP contribution is -2.41. The van der Waals surface area contributed by atoms with Crippen molar-refractivity contribution in [2.24, 2.45) is 11.1 Å². The van der Waals surface area contributed by atoms with Crippen LogP contribution in [0.15, 0.2) is 18.2 Å². The highest BCUT2D eigenvalue weighted by Gasteiger charge is 2.34. The maximum atomic E-state index is 13.1. The third-order valence-corrected chi connectivity index (χ3v) is 4.83. The Morgan fingerprint density at radius 2 is 1.76 bits per heavy atom. The van der Waals surface area contributed by atoms with Gasteiger partial charge in [-0.15, -0.1) is 0 Å². The molecule has 0 heterocycles. The van der Waals surface area contributed by atoms with E-state index in [-0.39, 0.29) is 23.6 Å². The number of nitrogens with two attached hydrogens (primary N) is 1. The Hall–Kier alpha value is -2.02. The summed E-state index contributed by atoms with van der Waals surface area (Å²) in [4.78, 5) is 25.8. The van der Waals surface area contributed by atoms with E-state index in [0.29, 0.717) is 13.0 Å². The summed E-state index contributed by atoms with van der Waals surface area (Å²) >= 11 is 0. The number of carbonyl (C=O) groups excluding carboxylic acids is 2. The number of benzene rings is 1. The first-order valence-corrected chi connectivity index (χ1v) is 8.53. The van der Waals surface area contributed by atoms with Crippen molar-refractivity contribution in [3.8, 4) is 0 Å². The highest BCUT2D eigenvalue weighted by Crippen LogP contribution is 2.38. The van der Waals surface area contributed by atoms with Crippen molar-refractivity contribution in [2.75, 3.05) is 25.5 Å². The van der Waals surface area contributed by atoms with Crippen LogP contribution in [0.3, 0.4) is 0 Å². The van der Waals surface area contributed by atoms with Gasteiger partial charge >= 0.3 is 0 Å². The van der Waals surface area contributed by atoms with Gasteiger partial charge in [0.05, 0.1) is 6.54 Å². The largest absolute Gasteiger partial charge is 0.336 e. The molecule has 138 valence electrons. The van der Waals surface area contributed by atoms with Gasteiger partial charge in [-0.3, -0.25) is 9.59 Å². The second kappa shape index (κ2) is 8.38. The predicted octanol–water partition coefficient (Wildman–Crippen LogP) is 2.66. The molecule has 1 aromatic rings. The lowest BCUT2D eigenvalue weighted by atomic mass is 9.71. The lowest BCUT2D eigenvalue weighted by Gasteiger charge is -2.36. The first kappa shape index (κ1) is 19.3. The molecule has 0 unspecified atom stereocenters. The number of amides is 2. The van der Waals surface area contributed by atoms with Gasteiger partial charge in [0, 0.05) is 25.2 Å². The number of hydrogen-bond acceptors (Lipinski definition) is 3. The molecule has 3 N–H and O–H groups in total. The van der Waals surface area contributed by atoms with Crippen molar-refractivity contribution in [2.45, 2.75) is 38.5 Å². The Bertz CT molecular complexity index is 610. The van der Waals surface area contributed by atoms with E-state index in [2.05, 4.69) is 5.32 Å². The van der Waals surface area contributed by atoms with Gasteiger partial charge in [-0.2, -0.15) is 0 Å². The molecule has 0 aliphatic heterocycles. The van der Waals surface area contributed by atoms with Gasteiger partial charge in [0.15, 0.2) is 0 Å². The van der Waals surface area contributed by atoms with Crippen LogP contribution in [0.5, 0.6) is 0 Å². The number of carbonyl (C=O) groups is 2. The summed E-state index contributed by atoms with van der Waals surface area (Å²) in [6, 6.07) is 2.77. The number of anilines is 1. The minimum atomic E-state index is -0.776. The zero-order valence-electron chi connectivity index (χ0n) is 14.5. The molecular weight excluding hydrogens is 328 g/mol. The number of likely N-dealkylation sites (N-methyl/N-ethyl adjacent to an activating group) is 1. The molecule has 0 aromatic heterocycles. The van der Waals surface area contributed by atoms with Crippen molar-refractivity contribution in [3.05, 3.63) is 29.8 Å². The van der Waals surface area contributed by atoms with Gasteiger partial charge < -0.3 is 16.0 Å². The Balaban J connectivity index is 1.90. The minimum absolute atomic E-state index is 0.0223. The molecule has 0 saturated heterocycles. The first-order valence-electron chi connectivity index (χ1n) is 8.53. The quantitative estimate of drug-likeness (QED) is 0.826. The van der Waals surface area contributed by atoms with Gasteiger partial charge in [0.1, 0.15) is 11.6 Å². The molecule has 1 aromatic carbocycles. The fourth-order valence-electron chi connectivity index (χ4n) is 3.34. The third-order valence-electron chi connectivity index (χ3n) is 4.83. The Kier molecular flexibility index (Phi) is 6.47. The molecule has 0 radical (unpaired) electrons. The van der Waals surface area contributed by atoms with Crippen LogP contribution in [0.1, 0.15) is 38.5 Å². The third kappa shape index (κ3) is 5.49. The second-order valence-corrected chi connectivity index (χ2v) is 6.90. The van der Waals surface area contributed by atoms with Crippen LogP contribution in [0.2, 0.25) is 0 Å². The monoisotopic (exact) mass is 353 g/mol. The van der Waals surface area contributed by atoms with Crippen molar-refractivity contribution < 1.29 is 18.4 Å². The second-order valence-electron chi connectivity index (χ2n) is 6.90. The van der Waals surface area contributed by atoms with Crippen LogP contribution in [-0.2, 0) is 9.59 Å². The summed E-state index contributed by atoms with van der Waals surface area (Å²) in [5, 5.41) is 2.40. The van der Waals surface area contributed by atoms with Crippen LogP contribution in [0.4, 0.5) is 14.5 Å². The van der Waals surface area contributed by atoms with Gasteiger partial charge in [-0.1, -0.05) is 19.3 Å². The van der Waals surface area contributed by atoms with E-state index < -0.39 is 17.5 Å². The standard InChI is InChI=1S/C18H25F2N3O2/c1-23(17(25)10-18(12-21)5-3-2-4-6-18)11-16(24)22-15-8-13(19)7-14(20)9-15/h7-9H,2-6,10-12,21H2,1H3,(H,22,24). The highest BCUT2D eigenvalue weighted by molar-refractivity contribution is 5.94. The molecule has 1 aliphatic rings. The summed E-state index contributed by atoms with van der Waals surface area (Å²) in [7, 11) is 1.54. The highest BCUT2D eigenvalue weighted by atomic mass is 19.1. The van der Waals surface area contributed by atoms with Gasteiger partial charge in [0.25, 0.3) is 0 Å². The summed E-state index contributed by atoms with van der Waals surface area (Å²) in [6.45, 7) is 0.277. The van der Waals surface area contributed by atoms with E-state index >= 15 is 0 Å². The molecule has 2 amide bonds. The van der Waals surface area contributed by atoms with Crippen LogP contribution in [0, 0.1) is 17.0 Å². The van der Waals surface area contributed by atoms with Crippen molar-refractivity contribution >= 4 is 17.5 Å². The zero-order valence-corrected chi connectivity index (χ0v) is 14.5. The Morgan fingerprint density at radius 1 is 1.16 bits per heavy atom. The van der Waals surface area contributed by atoms with Crippen LogP contribution >= 0.6 is 0 Å². The molecule has 1 saturated carbocycles. The molecule has 0 atom stereocenters. The van der Waals surface area contributed by atoms with E-state index in [9.17, 15) is 18.4 Å². The molecule has 5 nitrogen and oxygen atoms in total. The maximum Gasteiger partial charge on any atom is 0.243 e. The maximum absolute atomic E-state index is 13.1. The summed E-state index contributed by atoms with van der Waals surface area (Å²) < 4.78 is 26.3. The molecule has 1 aliphatic carbocycles. The minimum Gasteiger partial charge on any atom is -0.336 e. The van der Waals surface area contributed by atoms with Crippen molar-refractivity contribution in [3.63, 3.8) is 0 Å². The van der Waals surface area contributed by atoms with Crippen LogP contribution in [0.25, 0.3) is 0 Å². The average molecular weight is 353 g/mol. The SMILES string of the molecule is CN(CC(=O)Nc1cc(F)cc(F)c1)C(=O)CC1(CN)CCCCC1. The lowest BCUT2D eigenvalue weighted by molar-refractivity contribution is -0.135.